The summed E-state index contributed by atoms with van der Waals surface area (Å²) >= 11 is 6.16. The highest BCUT2D eigenvalue weighted by molar-refractivity contribution is 6.30. The number of amides is 1. The maximum atomic E-state index is 13.4. The molecule has 0 spiro atoms. The Morgan fingerprint density at radius 2 is 2.23 bits per heavy atom. The van der Waals surface area contributed by atoms with E-state index in [1.165, 1.54) is 0 Å². The van der Waals surface area contributed by atoms with Gasteiger partial charge in [0.1, 0.15) is 11.3 Å². The van der Waals surface area contributed by atoms with Crippen molar-refractivity contribution in [3.8, 4) is 0 Å². The Balaban J connectivity index is 1.70. The number of carbonyl (C=O) groups excluding carboxylic acids is 1. The lowest BCUT2D eigenvalue weighted by Gasteiger charge is -2.40. The Labute approximate surface area is 158 Å². The van der Waals surface area contributed by atoms with E-state index in [4.69, 9.17) is 11.6 Å². The molecule has 4 heterocycles. The molecule has 2 saturated heterocycles. The molecule has 7 heteroatoms. The zero-order valence-electron chi connectivity index (χ0n) is 15.3. The van der Waals surface area contributed by atoms with Crippen molar-refractivity contribution in [3.05, 3.63) is 34.7 Å². The molecule has 1 N–H and O–H groups in total. The maximum absolute atomic E-state index is 13.4. The van der Waals surface area contributed by atoms with E-state index in [0.717, 1.165) is 30.9 Å². The Bertz CT molecular complexity index is 851. The molecule has 2 fully saturated rings. The highest BCUT2D eigenvalue weighted by Crippen LogP contribution is 2.42. The first-order valence-electron chi connectivity index (χ1n) is 9.22. The molecule has 26 heavy (non-hydrogen) atoms. The van der Waals surface area contributed by atoms with Crippen LogP contribution in [0.3, 0.4) is 0 Å². The number of imidazole rings is 1. The molecule has 140 valence electrons. The molecule has 0 saturated carbocycles. The van der Waals surface area contributed by atoms with Gasteiger partial charge in [0.2, 0.25) is 0 Å². The lowest BCUT2D eigenvalue weighted by molar-refractivity contribution is 0.0277. The van der Waals surface area contributed by atoms with Crippen LogP contribution in [0.15, 0.2) is 18.3 Å². The standard InChI is InChI=1S/C19H25ClN4O2/c1-3-15-17(24-10-14(20)4-5-16(24)21-15)18(26)23-9-13-8-22(2)7-6-19(13,11-23)12-25/h4-5,10,13,25H,3,6-9,11-12H2,1-2H3/t13-,19+/m0/s1. The summed E-state index contributed by atoms with van der Waals surface area (Å²) in [5.74, 6) is 0.296. The molecule has 2 aromatic rings. The minimum atomic E-state index is -0.174. The van der Waals surface area contributed by atoms with Gasteiger partial charge in [-0.2, -0.15) is 0 Å². The van der Waals surface area contributed by atoms with E-state index in [1.807, 2.05) is 22.3 Å². The quantitative estimate of drug-likeness (QED) is 0.889. The summed E-state index contributed by atoms with van der Waals surface area (Å²) in [5, 5.41) is 10.7. The van der Waals surface area contributed by atoms with E-state index in [1.54, 1.807) is 12.3 Å². The van der Waals surface area contributed by atoms with Crippen molar-refractivity contribution in [2.75, 3.05) is 39.8 Å². The van der Waals surface area contributed by atoms with Crippen LogP contribution in [-0.2, 0) is 6.42 Å². The molecule has 0 unspecified atom stereocenters. The molecule has 0 bridgehead atoms. The first-order chi connectivity index (χ1) is 12.5. The van der Waals surface area contributed by atoms with Crippen molar-refractivity contribution >= 4 is 23.2 Å². The second-order valence-electron chi connectivity index (χ2n) is 7.75. The summed E-state index contributed by atoms with van der Waals surface area (Å²) in [6.07, 6.45) is 3.37. The summed E-state index contributed by atoms with van der Waals surface area (Å²) in [5.41, 5.74) is 1.96. The highest BCUT2D eigenvalue weighted by atomic mass is 35.5. The number of hydrogen-bond acceptors (Lipinski definition) is 4. The lowest BCUT2D eigenvalue weighted by Crippen LogP contribution is -2.47. The third-order valence-electron chi connectivity index (χ3n) is 6.13. The topological polar surface area (TPSA) is 61.1 Å². The number of aromatic nitrogens is 2. The third kappa shape index (κ3) is 2.71. The van der Waals surface area contributed by atoms with Gasteiger partial charge in [-0.15, -0.1) is 0 Å². The predicted octanol–water partition coefficient (Wildman–Crippen LogP) is 1.94. The predicted molar refractivity (Wildman–Crippen MR) is 101 cm³/mol. The van der Waals surface area contributed by atoms with E-state index in [-0.39, 0.29) is 17.9 Å². The Morgan fingerprint density at radius 3 is 2.96 bits per heavy atom. The second-order valence-corrected chi connectivity index (χ2v) is 8.19. The van der Waals surface area contributed by atoms with E-state index in [0.29, 0.717) is 36.1 Å². The van der Waals surface area contributed by atoms with Gasteiger partial charge in [-0.3, -0.25) is 9.20 Å². The summed E-state index contributed by atoms with van der Waals surface area (Å²) < 4.78 is 1.81. The minimum absolute atomic E-state index is 0.0125. The van der Waals surface area contributed by atoms with E-state index in [9.17, 15) is 9.90 Å². The average Bonchev–Trinajstić information content (AvgIpc) is 3.19. The third-order valence-corrected chi connectivity index (χ3v) is 6.35. The van der Waals surface area contributed by atoms with Crippen LogP contribution in [0.5, 0.6) is 0 Å². The summed E-state index contributed by atoms with van der Waals surface area (Å²) in [6.45, 7) is 5.32. The zero-order chi connectivity index (χ0) is 18.5. The molecule has 2 aliphatic heterocycles. The Hall–Kier alpha value is -1.63. The number of fused-ring (bicyclic) bond motifs is 2. The van der Waals surface area contributed by atoms with Crippen LogP contribution in [-0.4, -0.2) is 70.0 Å². The van der Waals surface area contributed by atoms with E-state index < -0.39 is 0 Å². The van der Waals surface area contributed by atoms with Crippen molar-refractivity contribution in [2.24, 2.45) is 11.3 Å². The van der Waals surface area contributed by atoms with E-state index >= 15 is 0 Å². The number of likely N-dealkylation sites (tertiary alicyclic amines) is 2. The largest absolute Gasteiger partial charge is 0.396 e. The number of rotatable bonds is 3. The molecule has 4 rings (SSSR count). The molecule has 2 aromatic heterocycles. The monoisotopic (exact) mass is 376 g/mol. The number of hydrogen-bond donors (Lipinski definition) is 1. The van der Waals surface area contributed by atoms with Gasteiger partial charge in [-0.05, 0) is 44.5 Å². The second kappa shape index (κ2) is 6.51. The van der Waals surface area contributed by atoms with Crippen LogP contribution >= 0.6 is 11.6 Å². The molecule has 1 amide bonds. The SMILES string of the molecule is CCc1nc2ccc(Cl)cn2c1C(=O)N1C[C@@H]2CN(C)CC[C@]2(CO)C1. The fraction of sp³-hybridized carbons (Fsp3) is 0.579. The van der Waals surface area contributed by atoms with Crippen molar-refractivity contribution in [1.82, 2.24) is 19.2 Å². The fourth-order valence-electron chi connectivity index (χ4n) is 4.55. The van der Waals surface area contributed by atoms with Crippen molar-refractivity contribution in [1.29, 1.82) is 0 Å². The zero-order valence-corrected chi connectivity index (χ0v) is 16.0. The van der Waals surface area contributed by atoms with Gasteiger partial charge in [-0.25, -0.2) is 4.98 Å². The molecule has 0 aliphatic carbocycles. The minimum Gasteiger partial charge on any atom is -0.396 e. The number of aryl methyl sites for hydroxylation is 1. The molecule has 2 atom stereocenters. The van der Waals surface area contributed by atoms with Crippen LogP contribution < -0.4 is 0 Å². The number of nitrogens with zero attached hydrogens (tertiary/aromatic N) is 4. The number of aliphatic hydroxyl groups is 1. The summed E-state index contributed by atoms with van der Waals surface area (Å²) in [6, 6.07) is 3.63. The normalized spacial score (nSPS) is 26.5. The van der Waals surface area contributed by atoms with Gasteiger partial charge in [-0.1, -0.05) is 18.5 Å². The van der Waals surface area contributed by atoms with Crippen LogP contribution in [0.2, 0.25) is 5.02 Å². The van der Waals surface area contributed by atoms with Gasteiger partial charge < -0.3 is 14.9 Å². The number of halogens is 1. The Morgan fingerprint density at radius 1 is 1.42 bits per heavy atom. The smallest absolute Gasteiger partial charge is 0.272 e. The fourth-order valence-corrected chi connectivity index (χ4v) is 4.71. The van der Waals surface area contributed by atoms with Crippen LogP contribution in [0.1, 0.15) is 29.5 Å². The molecule has 2 aliphatic rings. The first-order valence-corrected chi connectivity index (χ1v) is 9.60. The average molecular weight is 377 g/mol. The van der Waals surface area contributed by atoms with Gasteiger partial charge in [0.15, 0.2) is 0 Å². The van der Waals surface area contributed by atoms with Crippen molar-refractivity contribution < 1.29 is 9.90 Å². The van der Waals surface area contributed by atoms with Gasteiger partial charge in [0, 0.05) is 31.2 Å². The molecule has 0 radical (unpaired) electrons. The highest BCUT2D eigenvalue weighted by Gasteiger charge is 2.50. The van der Waals surface area contributed by atoms with Gasteiger partial charge in [0.25, 0.3) is 5.91 Å². The maximum Gasteiger partial charge on any atom is 0.272 e. The van der Waals surface area contributed by atoms with Gasteiger partial charge >= 0.3 is 0 Å². The number of piperidine rings is 1. The van der Waals surface area contributed by atoms with Crippen LogP contribution in [0.25, 0.3) is 5.65 Å². The molecule has 6 nitrogen and oxygen atoms in total. The van der Waals surface area contributed by atoms with Crippen molar-refractivity contribution in [3.63, 3.8) is 0 Å². The molecular weight excluding hydrogens is 352 g/mol. The number of carbonyl (C=O) groups is 1. The number of pyridine rings is 1. The molecule has 0 aromatic carbocycles. The first kappa shape index (κ1) is 17.8. The molecular formula is C19H25ClN4O2. The summed E-state index contributed by atoms with van der Waals surface area (Å²) in [7, 11) is 2.10. The summed E-state index contributed by atoms with van der Waals surface area (Å²) in [4.78, 5) is 22.2. The van der Waals surface area contributed by atoms with Crippen LogP contribution in [0, 0.1) is 11.3 Å². The van der Waals surface area contributed by atoms with Crippen molar-refractivity contribution in [2.45, 2.75) is 19.8 Å². The number of aliphatic hydroxyl groups excluding tert-OH is 1. The van der Waals surface area contributed by atoms with Crippen LogP contribution in [0.4, 0.5) is 0 Å². The Kier molecular flexibility index (Phi) is 4.45. The van der Waals surface area contributed by atoms with Gasteiger partial charge in [0.05, 0.1) is 17.3 Å². The lowest BCUT2D eigenvalue weighted by atomic mass is 9.73. The van der Waals surface area contributed by atoms with E-state index in [2.05, 4.69) is 16.9 Å².